The van der Waals surface area contributed by atoms with E-state index in [0.29, 0.717) is 31.2 Å². The van der Waals surface area contributed by atoms with Gasteiger partial charge in [-0.25, -0.2) is 8.42 Å². The molecule has 1 heterocycles. The van der Waals surface area contributed by atoms with Gasteiger partial charge < -0.3 is 10.5 Å². The first-order chi connectivity index (χ1) is 9.09. The maximum Gasteiger partial charge on any atom is 0.243 e. The van der Waals surface area contributed by atoms with Gasteiger partial charge in [0, 0.05) is 19.1 Å². The molecule has 0 spiro atoms. The van der Waals surface area contributed by atoms with Crippen LogP contribution in [-0.4, -0.2) is 38.5 Å². The molecule has 1 aliphatic heterocycles. The molecule has 0 saturated carbocycles. The predicted octanol–water partition coefficient (Wildman–Crippen LogP) is 0.945. The van der Waals surface area contributed by atoms with E-state index in [-0.39, 0.29) is 6.04 Å². The molecular formula is C13H20N2O3S. The quantitative estimate of drug-likeness (QED) is 0.893. The molecule has 1 aromatic carbocycles. The van der Waals surface area contributed by atoms with Gasteiger partial charge in [0.2, 0.25) is 10.0 Å². The normalized spacial score (nSPS) is 21.5. The largest absolute Gasteiger partial charge is 0.378 e. The second-order valence-corrected chi connectivity index (χ2v) is 6.49. The van der Waals surface area contributed by atoms with Gasteiger partial charge in [-0.3, -0.25) is 0 Å². The first kappa shape index (κ1) is 14.5. The van der Waals surface area contributed by atoms with Gasteiger partial charge in [-0.1, -0.05) is 19.1 Å². The molecule has 106 valence electrons. The van der Waals surface area contributed by atoms with E-state index in [1.165, 1.54) is 0 Å². The highest BCUT2D eigenvalue weighted by molar-refractivity contribution is 7.89. The number of nitrogens with two attached hydrogens (primary N) is 1. The van der Waals surface area contributed by atoms with Gasteiger partial charge in [0.1, 0.15) is 0 Å². The van der Waals surface area contributed by atoms with Gasteiger partial charge >= 0.3 is 0 Å². The summed E-state index contributed by atoms with van der Waals surface area (Å²) in [7, 11) is -3.44. The molecule has 1 atom stereocenters. The highest BCUT2D eigenvalue weighted by Crippen LogP contribution is 2.22. The molecule has 1 aromatic rings. The Labute approximate surface area is 114 Å². The summed E-state index contributed by atoms with van der Waals surface area (Å²) in [5, 5.41) is 0. The number of ether oxygens (including phenoxy) is 1. The molecule has 19 heavy (non-hydrogen) atoms. The Morgan fingerprint density at radius 3 is 2.63 bits per heavy atom. The van der Waals surface area contributed by atoms with E-state index in [1.54, 1.807) is 28.6 Å². The minimum Gasteiger partial charge on any atom is -0.378 e. The van der Waals surface area contributed by atoms with Crippen molar-refractivity contribution in [2.75, 3.05) is 19.8 Å². The van der Waals surface area contributed by atoms with Crippen LogP contribution < -0.4 is 5.73 Å². The van der Waals surface area contributed by atoms with E-state index in [2.05, 4.69) is 0 Å². The number of rotatable bonds is 4. The molecule has 2 N–H and O–H groups in total. The molecule has 0 radical (unpaired) electrons. The van der Waals surface area contributed by atoms with Crippen molar-refractivity contribution < 1.29 is 13.2 Å². The van der Waals surface area contributed by atoms with Crippen LogP contribution in [0.3, 0.4) is 0 Å². The molecule has 0 aliphatic carbocycles. The van der Waals surface area contributed by atoms with Gasteiger partial charge in [0.25, 0.3) is 0 Å². The van der Waals surface area contributed by atoms with E-state index in [0.717, 1.165) is 12.0 Å². The summed E-state index contributed by atoms with van der Waals surface area (Å²) in [5.74, 6) is 0. The Morgan fingerprint density at radius 1 is 1.37 bits per heavy atom. The zero-order valence-electron chi connectivity index (χ0n) is 11.1. The third-order valence-electron chi connectivity index (χ3n) is 3.41. The topological polar surface area (TPSA) is 72.6 Å². The third kappa shape index (κ3) is 2.97. The Balaban J connectivity index is 2.29. The highest BCUT2D eigenvalue weighted by Gasteiger charge is 2.32. The highest BCUT2D eigenvalue weighted by atomic mass is 32.2. The molecule has 0 amide bonds. The second kappa shape index (κ2) is 6.00. The summed E-state index contributed by atoms with van der Waals surface area (Å²) < 4.78 is 32.1. The lowest BCUT2D eigenvalue weighted by molar-refractivity contribution is 0.0314. The second-order valence-electron chi connectivity index (χ2n) is 4.60. The molecule has 1 fully saturated rings. The van der Waals surface area contributed by atoms with E-state index >= 15 is 0 Å². The average Bonchev–Trinajstić information content (AvgIpc) is 2.47. The summed E-state index contributed by atoms with van der Waals surface area (Å²) in [5.41, 5.74) is 6.44. The first-order valence-electron chi connectivity index (χ1n) is 6.48. The predicted molar refractivity (Wildman–Crippen MR) is 73.1 cm³/mol. The number of sulfonamides is 1. The molecular weight excluding hydrogens is 264 g/mol. The van der Waals surface area contributed by atoms with Crippen LogP contribution in [0.15, 0.2) is 29.2 Å². The molecule has 0 aromatic heterocycles. The van der Waals surface area contributed by atoms with Crippen molar-refractivity contribution in [3.05, 3.63) is 29.8 Å². The lowest BCUT2D eigenvalue weighted by atomic mass is 10.2. The van der Waals surface area contributed by atoms with Crippen molar-refractivity contribution >= 4 is 10.0 Å². The van der Waals surface area contributed by atoms with Gasteiger partial charge in [0.05, 0.1) is 18.1 Å². The van der Waals surface area contributed by atoms with Crippen LogP contribution in [0.2, 0.25) is 0 Å². The van der Waals surface area contributed by atoms with Crippen LogP contribution >= 0.6 is 0 Å². The van der Waals surface area contributed by atoms with E-state index in [4.69, 9.17) is 10.5 Å². The lowest BCUT2D eigenvalue weighted by Gasteiger charge is -2.33. The lowest BCUT2D eigenvalue weighted by Crippen LogP contribution is -2.48. The van der Waals surface area contributed by atoms with Crippen molar-refractivity contribution in [3.8, 4) is 0 Å². The molecule has 2 rings (SSSR count). The summed E-state index contributed by atoms with van der Waals surface area (Å²) >= 11 is 0. The number of morpholine rings is 1. The number of hydrogen-bond donors (Lipinski definition) is 1. The number of benzene rings is 1. The smallest absolute Gasteiger partial charge is 0.243 e. The van der Waals surface area contributed by atoms with Crippen molar-refractivity contribution in [1.29, 1.82) is 0 Å². The standard InChI is InChI=1S/C13H20N2O3S/c1-2-12-10-18-8-7-15(12)19(16,17)13-5-3-11(9-14)4-6-13/h3-6,12H,2,7-10,14H2,1H3. The monoisotopic (exact) mass is 284 g/mol. The first-order valence-corrected chi connectivity index (χ1v) is 7.92. The maximum atomic E-state index is 12.6. The van der Waals surface area contributed by atoms with Gasteiger partial charge in [0.15, 0.2) is 0 Å². The number of hydrogen-bond acceptors (Lipinski definition) is 4. The summed E-state index contributed by atoms with van der Waals surface area (Å²) in [4.78, 5) is 0.324. The molecule has 6 heteroatoms. The van der Waals surface area contributed by atoms with Crippen LogP contribution in [-0.2, 0) is 21.3 Å². The van der Waals surface area contributed by atoms with Crippen LogP contribution in [0.5, 0.6) is 0 Å². The van der Waals surface area contributed by atoms with Crippen LogP contribution in [0.25, 0.3) is 0 Å². The molecule has 0 bridgehead atoms. The molecule has 1 aliphatic rings. The van der Waals surface area contributed by atoms with Crippen molar-refractivity contribution in [2.24, 2.45) is 5.73 Å². The van der Waals surface area contributed by atoms with Crippen LogP contribution in [0.4, 0.5) is 0 Å². The van der Waals surface area contributed by atoms with Crippen LogP contribution in [0, 0.1) is 0 Å². The fourth-order valence-electron chi connectivity index (χ4n) is 2.21. The van der Waals surface area contributed by atoms with Crippen molar-refractivity contribution in [3.63, 3.8) is 0 Å². The van der Waals surface area contributed by atoms with Gasteiger partial charge in [-0.05, 0) is 24.1 Å². The Bertz CT molecular complexity index is 513. The SMILES string of the molecule is CCC1COCCN1S(=O)(=O)c1ccc(CN)cc1. The van der Waals surface area contributed by atoms with Gasteiger partial charge in [-0.15, -0.1) is 0 Å². The summed E-state index contributed by atoms with van der Waals surface area (Å²) in [6.45, 7) is 3.72. The maximum absolute atomic E-state index is 12.6. The Kier molecular flexibility index (Phi) is 4.57. The van der Waals surface area contributed by atoms with Crippen LogP contribution in [0.1, 0.15) is 18.9 Å². The minimum atomic E-state index is -3.44. The molecule has 1 saturated heterocycles. The van der Waals surface area contributed by atoms with Gasteiger partial charge in [-0.2, -0.15) is 4.31 Å². The van der Waals surface area contributed by atoms with E-state index < -0.39 is 10.0 Å². The fourth-order valence-corrected chi connectivity index (χ4v) is 3.88. The number of nitrogens with zero attached hydrogens (tertiary/aromatic N) is 1. The Hall–Kier alpha value is -0.950. The zero-order chi connectivity index (χ0) is 13.9. The van der Waals surface area contributed by atoms with E-state index in [9.17, 15) is 8.42 Å². The van der Waals surface area contributed by atoms with Crippen molar-refractivity contribution in [2.45, 2.75) is 30.8 Å². The minimum absolute atomic E-state index is 0.0760. The fraction of sp³-hybridized carbons (Fsp3) is 0.538. The molecule has 5 nitrogen and oxygen atoms in total. The van der Waals surface area contributed by atoms with Crippen molar-refractivity contribution in [1.82, 2.24) is 4.31 Å². The summed E-state index contributed by atoms with van der Waals surface area (Å²) in [6, 6.07) is 6.69. The zero-order valence-corrected chi connectivity index (χ0v) is 11.9. The average molecular weight is 284 g/mol. The Morgan fingerprint density at radius 2 is 2.05 bits per heavy atom. The summed E-state index contributed by atoms with van der Waals surface area (Å²) in [6.07, 6.45) is 0.750. The third-order valence-corrected chi connectivity index (χ3v) is 5.38. The molecule has 1 unspecified atom stereocenters. The van der Waals surface area contributed by atoms with E-state index in [1.807, 2.05) is 6.92 Å².